The first-order chi connectivity index (χ1) is 8.47. The molecule has 0 aromatic heterocycles. The molecule has 18 heavy (non-hydrogen) atoms. The average molecular weight is 246 g/mol. The molecular formula is C16H26N2. The van der Waals surface area contributed by atoms with E-state index in [0.717, 1.165) is 6.42 Å². The lowest BCUT2D eigenvalue weighted by Gasteiger charge is -2.49. The van der Waals surface area contributed by atoms with Crippen LogP contribution in [-0.2, 0) is 0 Å². The maximum Gasteiger partial charge on any atom is 0.0521 e. The number of rotatable bonds is 3. The second-order valence-electron chi connectivity index (χ2n) is 6.62. The number of hydrogen-bond donors (Lipinski definition) is 2. The first kappa shape index (κ1) is 13.4. The Bertz CT molecular complexity index is 385. The summed E-state index contributed by atoms with van der Waals surface area (Å²) in [6, 6.07) is 10.5. The average Bonchev–Trinajstić information content (AvgIpc) is 2.34. The Balaban J connectivity index is 2.16. The summed E-state index contributed by atoms with van der Waals surface area (Å²) in [4.78, 5) is 0. The van der Waals surface area contributed by atoms with Crippen LogP contribution in [0.4, 0.5) is 5.69 Å². The molecule has 2 heteroatoms. The van der Waals surface area contributed by atoms with Gasteiger partial charge in [-0.25, -0.2) is 0 Å². The molecule has 3 N–H and O–H groups in total. The molecule has 0 aliphatic heterocycles. The molecule has 2 atom stereocenters. The van der Waals surface area contributed by atoms with Crippen molar-refractivity contribution in [2.24, 2.45) is 17.1 Å². The third kappa shape index (κ3) is 2.69. The maximum atomic E-state index is 6.10. The monoisotopic (exact) mass is 246 g/mol. The maximum absolute atomic E-state index is 6.10. The van der Waals surface area contributed by atoms with Crippen molar-refractivity contribution < 1.29 is 0 Å². The highest BCUT2D eigenvalue weighted by Crippen LogP contribution is 2.44. The molecule has 1 fully saturated rings. The van der Waals surface area contributed by atoms with Gasteiger partial charge in [-0.3, -0.25) is 0 Å². The van der Waals surface area contributed by atoms with Crippen LogP contribution in [0.2, 0.25) is 0 Å². The summed E-state index contributed by atoms with van der Waals surface area (Å²) < 4.78 is 0. The van der Waals surface area contributed by atoms with Gasteiger partial charge in [0.05, 0.1) is 5.54 Å². The van der Waals surface area contributed by atoms with Gasteiger partial charge in [-0.15, -0.1) is 0 Å². The van der Waals surface area contributed by atoms with Gasteiger partial charge in [-0.1, -0.05) is 39.0 Å². The van der Waals surface area contributed by atoms with Crippen molar-refractivity contribution >= 4 is 5.69 Å². The van der Waals surface area contributed by atoms with Crippen molar-refractivity contribution in [1.29, 1.82) is 0 Å². The van der Waals surface area contributed by atoms with E-state index in [4.69, 9.17) is 5.73 Å². The minimum atomic E-state index is 0.0663. The summed E-state index contributed by atoms with van der Waals surface area (Å²) >= 11 is 0. The Kier molecular flexibility index (Phi) is 3.67. The van der Waals surface area contributed by atoms with Gasteiger partial charge in [-0.2, -0.15) is 0 Å². The topological polar surface area (TPSA) is 38.0 Å². The molecule has 2 nitrogen and oxygen atoms in total. The zero-order valence-corrected chi connectivity index (χ0v) is 11.9. The molecular weight excluding hydrogens is 220 g/mol. The lowest BCUT2D eigenvalue weighted by Crippen LogP contribution is -2.54. The van der Waals surface area contributed by atoms with Crippen LogP contribution in [0.1, 0.15) is 40.0 Å². The number of anilines is 1. The Morgan fingerprint density at radius 2 is 1.89 bits per heavy atom. The smallest absolute Gasteiger partial charge is 0.0521 e. The van der Waals surface area contributed by atoms with Gasteiger partial charge in [0.2, 0.25) is 0 Å². The summed E-state index contributed by atoms with van der Waals surface area (Å²) in [6.45, 7) is 7.78. The van der Waals surface area contributed by atoms with E-state index in [1.165, 1.54) is 18.5 Å². The van der Waals surface area contributed by atoms with Gasteiger partial charge in [-0.05, 0) is 42.7 Å². The summed E-state index contributed by atoms with van der Waals surface area (Å²) in [5, 5.41) is 3.71. The van der Waals surface area contributed by atoms with Crippen molar-refractivity contribution in [1.82, 2.24) is 0 Å². The molecule has 0 heterocycles. The normalized spacial score (nSPS) is 31.0. The molecule has 0 radical (unpaired) electrons. The first-order valence-electron chi connectivity index (χ1n) is 7.01. The SMILES string of the molecule is CC1CC(C)(C)CCC1(CN)Nc1ccccc1. The number of nitrogens with two attached hydrogens (primary N) is 1. The quantitative estimate of drug-likeness (QED) is 0.854. The zero-order valence-electron chi connectivity index (χ0n) is 11.9. The van der Waals surface area contributed by atoms with E-state index < -0.39 is 0 Å². The Morgan fingerprint density at radius 3 is 2.44 bits per heavy atom. The number of benzene rings is 1. The van der Waals surface area contributed by atoms with Crippen LogP contribution in [0.15, 0.2) is 30.3 Å². The highest BCUT2D eigenvalue weighted by Gasteiger charge is 2.42. The van der Waals surface area contributed by atoms with E-state index in [1.807, 2.05) is 6.07 Å². The van der Waals surface area contributed by atoms with Gasteiger partial charge in [0.1, 0.15) is 0 Å². The Labute approximate surface area is 111 Å². The number of para-hydroxylation sites is 1. The highest BCUT2D eigenvalue weighted by atomic mass is 15.0. The van der Waals surface area contributed by atoms with Crippen LogP contribution in [0.25, 0.3) is 0 Å². The minimum Gasteiger partial charge on any atom is -0.378 e. The van der Waals surface area contributed by atoms with Crippen molar-refractivity contribution in [3.63, 3.8) is 0 Å². The Morgan fingerprint density at radius 1 is 1.22 bits per heavy atom. The minimum absolute atomic E-state index is 0.0663. The van der Waals surface area contributed by atoms with Gasteiger partial charge in [0.15, 0.2) is 0 Å². The predicted octanol–water partition coefficient (Wildman–Crippen LogP) is 3.64. The molecule has 1 aromatic carbocycles. The van der Waals surface area contributed by atoms with Crippen LogP contribution in [0, 0.1) is 11.3 Å². The van der Waals surface area contributed by atoms with Crippen molar-refractivity contribution in [2.75, 3.05) is 11.9 Å². The standard InChI is InChI=1S/C16H26N2/c1-13-11-15(2,3)9-10-16(13,12-17)18-14-7-5-4-6-8-14/h4-8,13,18H,9-12,17H2,1-3H3. The molecule has 0 bridgehead atoms. The van der Waals surface area contributed by atoms with Gasteiger partial charge < -0.3 is 11.1 Å². The molecule has 2 rings (SSSR count). The highest BCUT2D eigenvalue weighted by molar-refractivity contribution is 5.46. The molecule has 100 valence electrons. The number of hydrogen-bond acceptors (Lipinski definition) is 2. The van der Waals surface area contributed by atoms with E-state index in [2.05, 4.69) is 50.4 Å². The summed E-state index contributed by atoms with van der Waals surface area (Å²) in [7, 11) is 0. The fourth-order valence-corrected chi connectivity index (χ4v) is 3.28. The summed E-state index contributed by atoms with van der Waals surface area (Å²) in [5.74, 6) is 0.603. The van der Waals surface area contributed by atoms with Crippen LogP contribution in [0.5, 0.6) is 0 Å². The summed E-state index contributed by atoms with van der Waals surface area (Å²) in [6.07, 6.45) is 3.64. The lowest BCUT2D eigenvalue weighted by atomic mass is 9.63. The van der Waals surface area contributed by atoms with E-state index in [-0.39, 0.29) is 5.54 Å². The van der Waals surface area contributed by atoms with Gasteiger partial charge in [0, 0.05) is 12.2 Å². The molecule has 2 unspecified atom stereocenters. The van der Waals surface area contributed by atoms with Gasteiger partial charge >= 0.3 is 0 Å². The first-order valence-corrected chi connectivity index (χ1v) is 7.01. The van der Waals surface area contributed by atoms with Crippen molar-refractivity contribution in [2.45, 2.75) is 45.6 Å². The second kappa shape index (κ2) is 4.93. The third-order valence-electron chi connectivity index (χ3n) is 4.58. The van der Waals surface area contributed by atoms with Crippen molar-refractivity contribution in [3.05, 3.63) is 30.3 Å². The van der Waals surface area contributed by atoms with Gasteiger partial charge in [0.25, 0.3) is 0 Å². The van der Waals surface area contributed by atoms with Crippen LogP contribution in [-0.4, -0.2) is 12.1 Å². The number of nitrogens with one attached hydrogen (secondary N) is 1. The molecule has 1 saturated carbocycles. The molecule has 1 aromatic rings. The fraction of sp³-hybridized carbons (Fsp3) is 0.625. The third-order valence-corrected chi connectivity index (χ3v) is 4.58. The molecule has 1 aliphatic rings. The largest absolute Gasteiger partial charge is 0.378 e. The predicted molar refractivity (Wildman–Crippen MR) is 78.6 cm³/mol. The van der Waals surface area contributed by atoms with E-state index in [9.17, 15) is 0 Å². The van der Waals surface area contributed by atoms with Crippen LogP contribution >= 0.6 is 0 Å². The van der Waals surface area contributed by atoms with Crippen molar-refractivity contribution in [3.8, 4) is 0 Å². The fourth-order valence-electron chi connectivity index (χ4n) is 3.28. The second-order valence-corrected chi connectivity index (χ2v) is 6.62. The van der Waals surface area contributed by atoms with E-state index in [1.54, 1.807) is 0 Å². The summed E-state index contributed by atoms with van der Waals surface area (Å²) in [5.41, 5.74) is 7.81. The molecule has 1 aliphatic carbocycles. The Hall–Kier alpha value is -1.02. The van der Waals surface area contributed by atoms with Crippen LogP contribution < -0.4 is 11.1 Å². The molecule has 0 saturated heterocycles. The van der Waals surface area contributed by atoms with Crippen LogP contribution in [0.3, 0.4) is 0 Å². The lowest BCUT2D eigenvalue weighted by molar-refractivity contribution is 0.120. The van der Waals surface area contributed by atoms with E-state index >= 15 is 0 Å². The zero-order chi connectivity index (χ0) is 13.2. The molecule has 0 amide bonds. The van der Waals surface area contributed by atoms with E-state index in [0.29, 0.717) is 17.9 Å². The molecule has 0 spiro atoms.